The van der Waals surface area contributed by atoms with Gasteiger partial charge in [-0.2, -0.15) is 0 Å². The number of hydrogen-bond acceptors (Lipinski definition) is 4. The fraction of sp³-hybridized carbons (Fsp3) is 0.143. The summed E-state index contributed by atoms with van der Waals surface area (Å²) >= 11 is 5.77. The molecule has 0 amide bonds. The molecule has 8 heteroatoms. The highest BCUT2D eigenvalue weighted by Gasteiger charge is 2.19. The smallest absolute Gasteiger partial charge is 0.337 e. The zero-order valence-corrected chi connectivity index (χ0v) is 13.4. The number of aryl methyl sites for hydroxylation is 2. The van der Waals surface area contributed by atoms with Crippen molar-refractivity contribution >= 4 is 33.3 Å². The Kier molecular flexibility index (Phi) is 4.39. The van der Waals surface area contributed by atoms with Crippen LogP contribution in [0, 0.1) is 13.8 Å². The minimum atomic E-state index is -3.96. The maximum Gasteiger partial charge on any atom is 0.337 e. The maximum atomic E-state index is 12.3. The number of rotatable bonds is 4. The number of pyridine rings is 1. The van der Waals surface area contributed by atoms with Crippen LogP contribution >= 0.6 is 11.6 Å². The SMILES string of the molecule is Cc1ccc(NS(=O)(=O)c2cnc(Cl)c(C)c2)c(C(=O)O)c1. The first-order valence-corrected chi connectivity index (χ1v) is 8.06. The fourth-order valence-electron chi connectivity index (χ4n) is 1.81. The molecular formula is C14H13ClN2O4S. The summed E-state index contributed by atoms with van der Waals surface area (Å²) in [7, 11) is -3.96. The van der Waals surface area contributed by atoms with Crippen LogP contribution < -0.4 is 4.72 Å². The van der Waals surface area contributed by atoms with E-state index in [2.05, 4.69) is 9.71 Å². The Bertz CT molecular complexity index is 850. The number of benzene rings is 1. The van der Waals surface area contributed by atoms with E-state index < -0.39 is 16.0 Å². The first kappa shape index (κ1) is 16.3. The van der Waals surface area contributed by atoms with Crippen LogP contribution in [0.15, 0.2) is 35.4 Å². The highest BCUT2D eigenvalue weighted by Crippen LogP contribution is 2.23. The van der Waals surface area contributed by atoms with Gasteiger partial charge >= 0.3 is 5.97 Å². The summed E-state index contributed by atoms with van der Waals surface area (Å²) in [4.78, 5) is 14.9. The van der Waals surface area contributed by atoms with Crippen molar-refractivity contribution < 1.29 is 18.3 Å². The molecule has 1 heterocycles. The number of carboxylic acids is 1. The summed E-state index contributed by atoms with van der Waals surface area (Å²) in [6.07, 6.45) is 1.12. The summed E-state index contributed by atoms with van der Waals surface area (Å²) in [5.41, 5.74) is 1.09. The first-order chi connectivity index (χ1) is 10.2. The molecule has 1 aromatic heterocycles. The number of nitrogens with zero attached hydrogens (tertiary/aromatic N) is 1. The van der Waals surface area contributed by atoms with Crippen molar-refractivity contribution in [1.82, 2.24) is 4.98 Å². The number of aromatic carboxylic acids is 1. The molecule has 0 atom stereocenters. The van der Waals surface area contributed by atoms with Gasteiger partial charge in [0.1, 0.15) is 10.0 Å². The normalized spacial score (nSPS) is 11.2. The molecule has 116 valence electrons. The molecule has 22 heavy (non-hydrogen) atoms. The van der Waals surface area contributed by atoms with Gasteiger partial charge < -0.3 is 5.11 Å². The Hall–Kier alpha value is -2.12. The van der Waals surface area contributed by atoms with Gasteiger partial charge in [-0.15, -0.1) is 0 Å². The lowest BCUT2D eigenvalue weighted by Gasteiger charge is -2.11. The molecule has 0 aliphatic carbocycles. The van der Waals surface area contributed by atoms with E-state index in [-0.39, 0.29) is 21.3 Å². The average Bonchev–Trinajstić information content (AvgIpc) is 2.43. The molecule has 1 aromatic carbocycles. The summed E-state index contributed by atoms with van der Waals surface area (Å²) in [6.45, 7) is 3.35. The third-order valence-electron chi connectivity index (χ3n) is 2.95. The third kappa shape index (κ3) is 3.37. The van der Waals surface area contributed by atoms with Crippen LogP contribution in [0.3, 0.4) is 0 Å². The molecule has 0 saturated carbocycles. The Labute approximate surface area is 132 Å². The maximum absolute atomic E-state index is 12.3. The molecule has 0 aliphatic heterocycles. The van der Waals surface area contributed by atoms with Crippen LogP contribution in [0.25, 0.3) is 0 Å². The number of anilines is 1. The lowest BCUT2D eigenvalue weighted by molar-refractivity contribution is 0.0698. The molecule has 2 N–H and O–H groups in total. The summed E-state index contributed by atoms with van der Waals surface area (Å²) in [5.74, 6) is -1.22. The van der Waals surface area contributed by atoms with Crippen LogP contribution in [0.5, 0.6) is 0 Å². The highest BCUT2D eigenvalue weighted by atomic mass is 35.5. The fourth-order valence-corrected chi connectivity index (χ4v) is 3.02. The van der Waals surface area contributed by atoms with Crippen molar-refractivity contribution in [2.75, 3.05) is 4.72 Å². The second kappa shape index (κ2) is 5.94. The summed E-state index contributed by atoms with van der Waals surface area (Å²) in [6, 6.07) is 5.79. The molecule has 0 saturated heterocycles. The van der Waals surface area contributed by atoms with Gasteiger partial charge in [-0.05, 0) is 37.6 Å². The van der Waals surface area contributed by atoms with Gasteiger partial charge in [-0.3, -0.25) is 4.72 Å². The number of aromatic nitrogens is 1. The van der Waals surface area contributed by atoms with E-state index >= 15 is 0 Å². The predicted molar refractivity (Wildman–Crippen MR) is 82.9 cm³/mol. The predicted octanol–water partition coefficient (Wildman–Crippen LogP) is 2.85. The van der Waals surface area contributed by atoms with Crippen LogP contribution in [0.1, 0.15) is 21.5 Å². The zero-order valence-electron chi connectivity index (χ0n) is 11.8. The number of hydrogen-bond donors (Lipinski definition) is 2. The second-order valence-electron chi connectivity index (χ2n) is 4.74. The lowest BCUT2D eigenvalue weighted by atomic mass is 10.1. The number of sulfonamides is 1. The molecule has 6 nitrogen and oxygen atoms in total. The van der Waals surface area contributed by atoms with Crippen LogP contribution in [-0.4, -0.2) is 24.5 Å². The van der Waals surface area contributed by atoms with Crippen LogP contribution in [0.2, 0.25) is 5.15 Å². The van der Waals surface area contributed by atoms with E-state index in [4.69, 9.17) is 11.6 Å². The summed E-state index contributed by atoms with van der Waals surface area (Å²) < 4.78 is 26.9. The van der Waals surface area contributed by atoms with Gasteiger partial charge in [0.05, 0.1) is 11.3 Å². The van der Waals surface area contributed by atoms with Crippen molar-refractivity contribution in [1.29, 1.82) is 0 Å². The average molecular weight is 341 g/mol. The molecule has 2 aromatic rings. The van der Waals surface area contributed by atoms with Gasteiger partial charge in [0.25, 0.3) is 10.0 Å². The van der Waals surface area contributed by atoms with Crippen molar-refractivity contribution in [2.24, 2.45) is 0 Å². The quantitative estimate of drug-likeness (QED) is 0.834. The standard InChI is InChI=1S/C14H13ClN2O4S/c1-8-3-4-12(11(5-8)14(18)19)17-22(20,21)10-6-9(2)13(15)16-7-10/h3-7,17H,1-2H3,(H,18,19). The van der Waals surface area contributed by atoms with Gasteiger partial charge in [0.2, 0.25) is 0 Å². The zero-order chi connectivity index (χ0) is 16.5. The molecule has 0 bridgehead atoms. The molecular weight excluding hydrogens is 328 g/mol. The number of nitrogens with one attached hydrogen (secondary N) is 1. The van der Waals surface area contributed by atoms with Gasteiger partial charge in [0, 0.05) is 6.20 Å². The lowest BCUT2D eigenvalue weighted by Crippen LogP contribution is -2.16. The van der Waals surface area contributed by atoms with Gasteiger partial charge in [-0.25, -0.2) is 18.2 Å². The van der Waals surface area contributed by atoms with Crippen molar-refractivity contribution in [3.63, 3.8) is 0 Å². The highest BCUT2D eigenvalue weighted by molar-refractivity contribution is 7.92. The van der Waals surface area contributed by atoms with Crippen LogP contribution in [0.4, 0.5) is 5.69 Å². The van der Waals surface area contributed by atoms with E-state index in [1.165, 1.54) is 18.2 Å². The summed E-state index contributed by atoms with van der Waals surface area (Å²) in [5, 5.41) is 9.38. The Morgan fingerprint density at radius 3 is 2.55 bits per heavy atom. The van der Waals surface area contributed by atoms with Crippen LogP contribution in [-0.2, 0) is 10.0 Å². The number of halogens is 1. The van der Waals surface area contributed by atoms with E-state index in [0.29, 0.717) is 11.1 Å². The van der Waals surface area contributed by atoms with Gasteiger partial charge in [-0.1, -0.05) is 23.2 Å². The van der Waals surface area contributed by atoms with Gasteiger partial charge in [0.15, 0.2) is 0 Å². The second-order valence-corrected chi connectivity index (χ2v) is 6.78. The van der Waals surface area contributed by atoms with Crippen molar-refractivity contribution in [3.05, 3.63) is 52.3 Å². The molecule has 0 spiro atoms. The monoisotopic (exact) mass is 340 g/mol. The van der Waals surface area contributed by atoms with Crippen molar-refractivity contribution in [2.45, 2.75) is 18.7 Å². The number of carbonyl (C=O) groups is 1. The Balaban J connectivity index is 2.45. The molecule has 2 rings (SSSR count). The van der Waals surface area contributed by atoms with E-state index in [0.717, 1.165) is 6.20 Å². The van der Waals surface area contributed by atoms with E-state index in [1.807, 2.05) is 0 Å². The molecule has 0 aliphatic rings. The van der Waals surface area contributed by atoms with Crippen molar-refractivity contribution in [3.8, 4) is 0 Å². The first-order valence-electron chi connectivity index (χ1n) is 6.19. The third-order valence-corrected chi connectivity index (χ3v) is 4.68. The topological polar surface area (TPSA) is 96.4 Å². The minimum absolute atomic E-state index is 0.00861. The Morgan fingerprint density at radius 2 is 1.95 bits per heavy atom. The van der Waals surface area contributed by atoms with E-state index in [1.54, 1.807) is 19.9 Å². The Morgan fingerprint density at radius 1 is 1.27 bits per heavy atom. The number of carboxylic acid groups (broad SMARTS) is 1. The molecule has 0 radical (unpaired) electrons. The van der Waals surface area contributed by atoms with E-state index in [9.17, 15) is 18.3 Å². The molecule has 0 fully saturated rings. The largest absolute Gasteiger partial charge is 0.478 e. The molecule has 0 unspecified atom stereocenters. The minimum Gasteiger partial charge on any atom is -0.478 e.